The molecule has 0 radical (unpaired) electrons. The summed E-state index contributed by atoms with van der Waals surface area (Å²) in [4.78, 5) is 35.1. The van der Waals surface area contributed by atoms with Crippen molar-refractivity contribution in [1.29, 1.82) is 0 Å². The first-order valence-corrected chi connectivity index (χ1v) is 9.47. The number of nitrogens with one attached hydrogen (secondary N) is 1. The summed E-state index contributed by atoms with van der Waals surface area (Å²) in [5.41, 5.74) is 1.37. The number of thiazole rings is 1. The zero-order valence-corrected chi connectivity index (χ0v) is 15.7. The van der Waals surface area contributed by atoms with E-state index < -0.39 is 6.10 Å². The van der Waals surface area contributed by atoms with Crippen LogP contribution in [-0.4, -0.2) is 34.4 Å². The van der Waals surface area contributed by atoms with Crippen molar-refractivity contribution < 1.29 is 14.3 Å². The molecule has 8 heteroatoms. The van der Waals surface area contributed by atoms with Gasteiger partial charge in [0, 0.05) is 12.3 Å². The van der Waals surface area contributed by atoms with Crippen molar-refractivity contribution in [1.82, 2.24) is 9.97 Å². The molecule has 3 aromatic rings. The standard InChI is InChI=1S/C19H18N4O3S/c1-3-15(26-12-6-7-16-14(9-12)21-11(2)27-16)19(25)23-10-17(24)22-13-5-4-8-20-18(13)23/h4-9,15H,3,10H2,1-2H3,(H,22,24). The summed E-state index contributed by atoms with van der Waals surface area (Å²) in [6.07, 6.45) is 1.34. The van der Waals surface area contributed by atoms with Crippen LogP contribution in [0.4, 0.5) is 11.5 Å². The molecule has 2 amide bonds. The molecule has 0 spiro atoms. The minimum atomic E-state index is -0.720. The van der Waals surface area contributed by atoms with Crippen LogP contribution in [0.1, 0.15) is 18.4 Å². The second-order valence-electron chi connectivity index (χ2n) is 6.22. The maximum Gasteiger partial charge on any atom is 0.269 e. The Kier molecular flexibility index (Phi) is 4.49. The first-order chi connectivity index (χ1) is 13.0. The molecule has 0 bridgehead atoms. The third kappa shape index (κ3) is 3.35. The van der Waals surface area contributed by atoms with Gasteiger partial charge in [0.05, 0.1) is 20.9 Å². The fourth-order valence-electron chi connectivity index (χ4n) is 3.04. The Hall–Kier alpha value is -3.00. The van der Waals surface area contributed by atoms with Crippen molar-refractivity contribution in [2.75, 3.05) is 16.8 Å². The van der Waals surface area contributed by atoms with Gasteiger partial charge in [-0.3, -0.25) is 14.5 Å². The zero-order valence-electron chi connectivity index (χ0n) is 14.9. The molecular formula is C19H18N4O3S. The van der Waals surface area contributed by atoms with E-state index in [1.54, 1.807) is 29.7 Å². The molecule has 0 fully saturated rings. The molecule has 1 aromatic carbocycles. The lowest BCUT2D eigenvalue weighted by molar-refractivity contribution is -0.127. The summed E-state index contributed by atoms with van der Waals surface area (Å²) in [5, 5.41) is 3.71. The summed E-state index contributed by atoms with van der Waals surface area (Å²) < 4.78 is 7.03. The van der Waals surface area contributed by atoms with E-state index in [1.165, 1.54) is 4.90 Å². The van der Waals surface area contributed by atoms with Gasteiger partial charge in [-0.05, 0) is 37.6 Å². The van der Waals surface area contributed by atoms with E-state index in [9.17, 15) is 9.59 Å². The number of aromatic nitrogens is 2. The molecule has 0 aliphatic carbocycles. The van der Waals surface area contributed by atoms with Gasteiger partial charge in [0.25, 0.3) is 5.91 Å². The SMILES string of the molecule is CCC(Oc1ccc2sc(C)nc2c1)C(=O)N1CC(=O)Nc2cccnc21. The van der Waals surface area contributed by atoms with Crippen molar-refractivity contribution in [2.24, 2.45) is 0 Å². The van der Waals surface area contributed by atoms with Gasteiger partial charge in [-0.15, -0.1) is 11.3 Å². The fraction of sp³-hybridized carbons (Fsp3) is 0.263. The molecule has 27 heavy (non-hydrogen) atoms. The number of aryl methyl sites for hydroxylation is 1. The second-order valence-corrected chi connectivity index (χ2v) is 7.46. The Bertz CT molecular complexity index is 1030. The number of rotatable bonds is 4. The summed E-state index contributed by atoms with van der Waals surface area (Å²) in [5.74, 6) is 0.477. The largest absolute Gasteiger partial charge is 0.481 e. The number of anilines is 2. The van der Waals surface area contributed by atoms with E-state index in [1.807, 2.05) is 32.0 Å². The highest BCUT2D eigenvalue weighted by Crippen LogP contribution is 2.29. The van der Waals surface area contributed by atoms with Crippen LogP contribution in [0.3, 0.4) is 0 Å². The number of fused-ring (bicyclic) bond motifs is 2. The highest BCUT2D eigenvalue weighted by atomic mass is 32.1. The van der Waals surface area contributed by atoms with Crippen molar-refractivity contribution in [2.45, 2.75) is 26.4 Å². The molecule has 2 aromatic heterocycles. The number of amides is 2. The van der Waals surface area contributed by atoms with E-state index in [0.717, 1.165) is 15.2 Å². The summed E-state index contributed by atoms with van der Waals surface area (Å²) in [6, 6.07) is 9.05. The van der Waals surface area contributed by atoms with E-state index in [-0.39, 0.29) is 18.4 Å². The molecule has 1 N–H and O–H groups in total. The van der Waals surface area contributed by atoms with Gasteiger partial charge in [-0.2, -0.15) is 0 Å². The molecule has 0 saturated carbocycles. The lowest BCUT2D eigenvalue weighted by Gasteiger charge is -2.30. The second kappa shape index (κ2) is 6.96. The van der Waals surface area contributed by atoms with Crippen LogP contribution in [-0.2, 0) is 9.59 Å². The average molecular weight is 382 g/mol. The predicted octanol–water partition coefficient (Wildman–Crippen LogP) is 3.14. The minimum absolute atomic E-state index is 0.0764. The Labute approximate surface area is 160 Å². The lowest BCUT2D eigenvalue weighted by atomic mass is 10.2. The molecular weight excluding hydrogens is 364 g/mol. The molecule has 138 valence electrons. The Morgan fingerprint density at radius 2 is 2.26 bits per heavy atom. The van der Waals surface area contributed by atoms with Gasteiger partial charge in [0.2, 0.25) is 5.91 Å². The third-order valence-corrected chi connectivity index (χ3v) is 5.23. The van der Waals surface area contributed by atoms with Crippen LogP contribution in [0, 0.1) is 6.92 Å². The van der Waals surface area contributed by atoms with E-state index in [4.69, 9.17) is 4.74 Å². The van der Waals surface area contributed by atoms with Gasteiger partial charge in [0.1, 0.15) is 12.3 Å². The quantitative estimate of drug-likeness (QED) is 0.749. The Balaban J connectivity index is 1.60. The highest BCUT2D eigenvalue weighted by molar-refractivity contribution is 7.18. The molecule has 0 saturated heterocycles. The van der Waals surface area contributed by atoms with Gasteiger partial charge >= 0.3 is 0 Å². The van der Waals surface area contributed by atoms with Crippen molar-refractivity contribution in [3.05, 3.63) is 41.5 Å². The van der Waals surface area contributed by atoms with Crippen molar-refractivity contribution >= 4 is 44.9 Å². The lowest BCUT2D eigenvalue weighted by Crippen LogP contribution is -2.48. The molecule has 1 aliphatic rings. The topological polar surface area (TPSA) is 84.4 Å². The van der Waals surface area contributed by atoms with Crippen LogP contribution in [0.2, 0.25) is 0 Å². The van der Waals surface area contributed by atoms with Gasteiger partial charge in [-0.25, -0.2) is 9.97 Å². The summed E-state index contributed by atoms with van der Waals surface area (Å²) in [6.45, 7) is 3.75. The molecule has 1 atom stereocenters. The van der Waals surface area contributed by atoms with Crippen molar-refractivity contribution in [3.63, 3.8) is 0 Å². The number of carbonyl (C=O) groups excluding carboxylic acids is 2. The molecule has 3 heterocycles. The molecule has 1 aliphatic heterocycles. The maximum atomic E-state index is 13.1. The number of ether oxygens (including phenoxy) is 1. The number of pyridine rings is 1. The van der Waals surface area contributed by atoms with Crippen LogP contribution in [0.15, 0.2) is 36.5 Å². The van der Waals surface area contributed by atoms with Gasteiger partial charge in [-0.1, -0.05) is 6.92 Å². The summed E-state index contributed by atoms with van der Waals surface area (Å²) >= 11 is 1.61. The molecule has 1 unspecified atom stereocenters. The number of hydrogen-bond donors (Lipinski definition) is 1. The first-order valence-electron chi connectivity index (χ1n) is 8.65. The zero-order chi connectivity index (χ0) is 19.0. The third-order valence-electron chi connectivity index (χ3n) is 4.27. The molecule has 7 nitrogen and oxygen atoms in total. The number of nitrogens with zero attached hydrogens (tertiary/aromatic N) is 3. The van der Waals surface area contributed by atoms with E-state index >= 15 is 0 Å². The summed E-state index contributed by atoms with van der Waals surface area (Å²) in [7, 11) is 0. The van der Waals surface area contributed by atoms with Crippen LogP contribution >= 0.6 is 11.3 Å². The monoisotopic (exact) mass is 382 g/mol. The normalized spacial score (nSPS) is 14.6. The van der Waals surface area contributed by atoms with E-state index in [0.29, 0.717) is 23.7 Å². The first kappa shape index (κ1) is 17.4. The number of hydrogen-bond acceptors (Lipinski definition) is 6. The van der Waals surface area contributed by atoms with E-state index in [2.05, 4.69) is 15.3 Å². The fourth-order valence-corrected chi connectivity index (χ4v) is 3.85. The smallest absolute Gasteiger partial charge is 0.269 e. The predicted molar refractivity (Wildman–Crippen MR) is 104 cm³/mol. The minimum Gasteiger partial charge on any atom is -0.481 e. The number of carbonyl (C=O) groups is 2. The van der Waals surface area contributed by atoms with Crippen LogP contribution < -0.4 is 15.0 Å². The Morgan fingerprint density at radius 3 is 3.07 bits per heavy atom. The van der Waals surface area contributed by atoms with Gasteiger partial charge < -0.3 is 10.1 Å². The highest BCUT2D eigenvalue weighted by Gasteiger charge is 2.33. The van der Waals surface area contributed by atoms with Crippen LogP contribution in [0.5, 0.6) is 5.75 Å². The molecule has 4 rings (SSSR count). The number of benzene rings is 1. The van der Waals surface area contributed by atoms with Gasteiger partial charge in [0.15, 0.2) is 11.9 Å². The maximum absolute atomic E-state index is 13.1. The Morgan fingerprint density at radius 1 is 1.41 bits per heavy atom. The average Bonchev–Trinajstić information content (AvgIpc) is 3.04. The van der Waals surface area contributed by atoms with Crippen molar-refractivity contribution in [3.8, 4) is 5.75 Å². The van der Waals surface area contributed by atoms with Crippen LogP contribution in [0.25, 0.3) is 10.2 Å².